The van der Waals surface area contributed by atoms with E-state index in [1.54, 1.807) is 45.0 Å². The van der Waals surface area contributed by atoms with Crippen molar-refractivity contribution in [3.63, 3.8) is 0 Å². The van der Waals surface area contributed by atoms with Crippen molar-refractivity contribution in [2.24, 2.45) is 0 Å². The van der Waals surface area contributed by atoms with Gasteiger partial charge < -0.3 is 14.8 Å². The first-order valence-electron chi connectivity index (χ1n) is 8.80. The molecule has 1 aromatic heterocycles. The van der Waals surface area contributed by atoms with Gasteiger partial charge in [0.25, 0.3) is 0 Å². The average molecular weight is 404 g/mol. The molecule has 0 fully saturated rings. The molecule has 1 N–H and O–H groups in total. The van der Waals surface area contributed by atoms with E-state index < -0.39 is 11.7 Å². The minimum atomic E-state index is -0.692. The molecule has 1 aliphatic rings. The Morgan fingerprint density at radius 2 is 2.04 bits per heavy atom. The minimum Gasteiger partial charge on any atom is -0.497 e. The van der Waals surface area contributed by atoms with Crippen molar-refractivity contribution in [3.8, 4) is 5.75 Å². The number of allylic oxidation sites excluding steroid dienone is 2. The van der Waals surface area contributed by atoms with Crippen LogP contribution in [0.3, 0.4) is 0 Å². The second kappa shape index (κ2) is 7.67. The first-order valence-corrected chi connectivity index (χ1v) is 9.18. The normalized spacial score (nSPS) is 14.2. The molecule has 7 nitrogen and oxygen atoms in total. The summed E-state index contributed by atoms with van der Waals surface area (Å²) in [6, 6.07) is 5.11. The van der Waals surface area contributed by atoms with Crippen LogP contribution in [0.2, 0.25) is 0 Å². The second-order valence-electron chi connectivity index (χ2n) is 7.42. The van der Waals surface area contributed by atoms with Gasteiger partial charge in [-0.05, 0) is 44.6 Å². The maximum Gasteiger partial charge on any atom is 0.435 e. The zero-order chi connectivity index (χ0) is 20.5. The van der Waals surface area contributed by atoms with Crippen LogP contribution in [0.1, 0.15) is 37.7 Å². The van der Waals surface area contributed by atoms with E-state index >= 15 is 0 Å². The van der Waals surface area contributed by atoms with E-state index in [-0.39, 0.29) is 17.9 Å². The van der Waals surface area contributed by atoms with E-state index in [0.29, 0.717) is 28.4 Å². The number of carbonyl (C=O) groups excluding carboxylic acids is 2. The summed E-state index contributed by atoms with van der Waals surface area (Å²) in [6.45, 7) is 5.79. The molecule has 2 heterocycles. The molecule has 0 unspecified atom stereocenters. The van der Waals surface area contributed by atoms with Crippen LogP contribution in [0.5, 0.6) is 5.75 Å². The van der Waals surface area contributed by atoms with Crippen molar-refractivity contribution in [2.45, 2.75) is 32.8 Å². The molecule has 2 aromatic rings. The molecule has 0 spiro atoms. The highest BCUT2D eigenvalue weighted by atomic mass is 35.5. The lowest BCUT2D eigenvalue weighted by Crippen LogP contribution is -2.28. The molecule has 1 aliphatic heterocycles. The number of aromatic nitrogens is 2. The van der Waals surface area contributed by atoms with Gasteiger partial charge in [-0.2, -0.15) is 9.78 Å². The lowest BCUT2D eigenvalue weighted by atomic mass is 10.0. The van der Waals surface area contributed by atoms with Gasteiger partial charge in [0.05, 0.1) is 12.6 Å². The van der Waals surface area contributed by atoms with Crippen LogP contribution in [-0.2, 0) is 4.74 Å². The van der Waals surface area contributed by atoms with Gasteiger partial charge in [-0.25, -0.2) is 4.79 Å². The van der Waals surface area contributed by atoms with Crippen LogP contribution < -0.4 is 10.1 Å². The van der Waals surface area contributed by atoms with Crippen LogP contribution in [0, 0.1) is 0 Å². The van der Waals surface area contributed by atoms with Crippen LogP contribution in [0.25, 0.3) is 10.9 Å². The van der Waals surface area contributed by atoms with Crippen LogP contribution in [-0.4, -0.2) is 40.9 Å². The Kier molecular flexibility index (Phi) is 5.47. The third-order valence-corrected chi connectivity index (χ3v) is 4.32. The highest BCUT2D eigenvalue weighted by Crippen LogP contribution is 2.26. The highest BCUT2D eigenvalue weighted by Gasteiger charge is 2.25. The van der Waals surface area contributed by atoms with Crippen LogP contribution in [0.4, 0.5) is 4.79 Å². The SMILES string of the molecule is COc1ccc2c(C(=O)CC3=CC=C(Cl)NC3)nn(C(=O)OC(C)(C)C)c2c1. The van der Waals surface area contributed by atoms with Gasteiger partial charge in [0.15, 0.2) is 5.78 Å². The summed E-state index contributed by atoms with van der Waals surface area (Å²) in [7, 11) is 1.53. The highest BCUT2D eigenvalue weighted by molar-refractivity contribution is 6.29. The van der Waals surface area contributed by atoms with E-state index in [2.05, 4.69) is 10.4 Å². The molecule has 148 valence electrons. The fraction of sp³-hybridized carbons (Fsp3) is 0.350. The lowest BCUT2D eigenvalue weighted by Gasteiger charge is -2.19. The molecule has 28 heavy (non-hydrogen) atoms. The minimum absolute atomic E-state index is 0.167. The molecule has 0 bridgehead atoms. The monoisotopic (exact) mass is 403 g/mol. The molecule has 8 heteroatoms. The molecule has 0 aliphatic carbocycles. The Hall–Kier alpha value is -2.80. The predicted octanol–water partition coefficient (Wildman–Crippen LogP) is 4.01. The second-order valence-corrected chi connectivity index (χ2v) is 7.82. The smallest absolute Gasteiger partial charge is 0.435 e. The number of hydrogen-bond acceptors (Lipinski definition) is 6. The molecule has 0 radical (unpaired) electrons. The Morgan fingerprint density at radius 1 is 1.29 bits per heavy atom. The fourth-order valence-electron chi connectivity index (χ4n) is 2.79. The van der Waals surface area contributed by atoms with Gasteiger partial charge >= 0.3 is 6.09 Å². The van der Waals surface area contributed by atoms with E-state index in [1.807, 2.05) is 6.08 Å². The average Bonchev–Trinajstić information content (AvgIpc) is 3.01. The van der Waals surface area contributed by atoms with Crippen molar-refractivity contribution in [1.29, 1.82) is 0 Å². The Balaban J connectivity index is 2.00. The summed E-state index contributed by atoms with van der Waals surface area (Å²) in [5.74, 6) is 0.354. The molecule has 1 aromatic carbocycles. The molecular formula is C20H22ClN3O4. The number of halogens is 1. The maximum absolute atomic E-state index is 12.9. The van der Waals surface area contributed by atoms with Crippen molar-refractivity contribution in [2.75, 3.05) is 13.7 Å². The third kappa shape index (κ3) is 4.36. The predicted molar refractivity (Wildman–Crippen MR) is 107 cm³/mol. The van der Waals surface area contributed by atoms with Gasteiger partial charge in [-0.3, -0.25) is 4.79 Å². The molecular weight excluding hydrogens is 382 g/mol. The number of nitrogens with zero attached hydrogens (tertiary/aromatic N) is 2. The number of carbonyl (C=O) groups is 2. The summed E-state index contributed by atoms with van der Waals surface area (Å²) in [4.78, 5) is 25.5. The summed E-state index contributed by atoms with van der Waals surface area (Å²) in [5.41, 5.74) is 0.853. The fourth-order valence-corrected chi connectivity index (χ4v) is 2.92. The zero-order valence-corrected chi connectivity index (χ0v) is 17.0. The Labute approximate surface area is 167 Å². The summed E-state index contributed by atoms with van der Waals surface area (Å²) < 4.78 is 11.8. The Morgan fingerprint density at radius 3 is 2.64 bits per heavy atom. The van der Waals surface area contributed by atoms with Crippen molar-refractivity contribution < 1.29 is 19.1 Å². The lowest BCUT2D eigenvalue weighted by molar-refractivity contribution is 0.0522. The molecule has 3 rings (SSSR count). The first-order chi connectivity index (χ1) is 13.2. The number of hydrogen-bond donors (Lipinski definition) is 1. The topological polar surface area (TPSA) is 82.5 Å². The number of ketones is 1. The number of dihydropyridines is 1. The first kappa shape index (κ1) is 19.9. The number of ether oxygens (including phenoxy) is 2. The van der Waals surface area contributed by atoms with Gasteiger partial charge in [0.1, 0.15) is 22.2 Å². The van der Waals surface area contributed by atoms with E-state index in [4.69, 9.17) is 21.1 Å². The molecule has 0 atom stereocenters. The standard InChI is InChI=1S/C20H22ClN3O4/c1-20(2,3)28-19(26)24-15-10-13(27-4)6-7-14(15)18(23-24)16(25)9-12-5-8-17(21)22-11-12/h5-8,10,22H,9,11H2,1-4H3. The number of fused-ring (bicyclic) bond motifs is 1. The Bertz CT molecular complexity index is 999. The van der Waals surface area contributed by atoms with Gasteiger partial charge in [-0.1, -0.05) is 17.7 Å². The number of benzene rings is 1. The third-order valence-electron chi connectivity index (χ3n) is 4.06. The molecule has 0 amide bonds. The van der Waals surface area contributed by atoms with Crippen molar-refractivity contribution in [1.82, 2.24) is 15.1 Å². The number of rotatable bonds is 4. The molecule has 0 saturated carbocycles. The van der Waals surface area contributed by atoms with E-state index in [0.717, 1.165) is 10.3 Å². The number of Topliss-reactive ketones (excluding diaryl/α,β-unsaturated/α-hetero) is 1. The zero-order valence-electron chi connectivity index (χ0n) is 16.2. The van der Waals surface area contributed by atoms with Crippen LogP contribution in [0.15, 0.2) is 41.1 Å². The van der Waals surface area contributed by atoms with Crippen molar-refractivity contribution in [3.05, 3.63) is 46.8 Å². The summed E-state index contributed by atoms with van der Waals surface area (Å²) >= 11 is 5.87. The van der Waals surface area contributed by atoms with Crippen molar-refractivity contribution >= 4 is 34.4 Å². The van der Waals surface area contributed by atoms with Crippen LogP contribution >= 0.6 is 11.6 Å². The van der Waals surface area contributed by atoms with E-state index in [9.17, 15) is 9.59 Å². The largest absolute Gasteiger partial charge is 0.497 e. The maximum atomic E-state index is 12.9. The quantitative estimate of drug-likeness (QED) is 0.613. The van der Waals surface area contributed by atoms with Gasteiger partial charge in [-0.15, -0.1) is 0 Å². The molecule has 0 saturated heterocycles. The van der Waals surface area contributed by atoms with Gasteiger partial charge in [0.2, 0.25) is 0 Å². The number of nitrogens with one attached hydrogen (secondary N) is 1. The van der Waals surface area contributed by atoms with E-state index in [1.165, 1.54) is 7.11 Å². The van der Waals surface area contributed by atoms with Gasteiger partial charge in [0, 0.05) is 24.4 Å². The number of methoxy groups -OCH3 is 1. The summed E-state index contributed by atoms with van der Waals surface area (Å²) in [5, 5.41) is 8.35. The summed E-state index contributed by atoms with van der Waals surface area (Å²) in [6.07, 6.45) is 3.03.